The molecular weight excluding hydrogens is 401 g/mol. The van der Waals surface area contributed by atoms with Gasteiger partial charge in [0.05, 0.1) is 29.9 Å². The van der Waals surface area contributed by atoms with Crippen LogP contribution in [0.5, 0.6) is 0 Å². The second-order valence-corrected chi connectivity index (χ2v) is 9.54. The van der Waals surface area contributed by atoms with Crippen molar-refractivity contribution >= 4 is 17.2 Å². The van der Waals surface area contributed by atoms with E-state index >= 15 is 0 Å². The van der Waals surface area contributed by atoms with E-state index in [1.54, 1.807) is 12.1 Å². The molecule has 170 valence electrons. The van der Waals surface area contributed by atoms with Crippen molar-refractivity contribution in [2.24, 2.45) is 11.8 Å². The SMILES string of the molecule is C=C(Nc1cnc(N2CCC(C)CC2)nc1)NC(C1=C(C)c2cc(F)ccc2C1)C(C)C. The van der Waals surface area contributed by atoms with E-state index in [1.807, 2.05) is 18.5 Å². The van der Waals surface area contributed by atoms with Gasteiger partial charge in [0, 0.05) is 13.1 Å². The van der Waals surface area contributed by atoms with Crippen molar-refractivity contribution in [2.45, 2.75) is 53.0 Å². The van der Waals surface area contributed by atoms with Crippen LogP contribution in [0.25, 0.3) is 5.57 Å². The first-order valence-electron chi connectivity index (χ1n) is 11.6. The lowest BCUT2D eigenvalue weighted by molar-refractivity contribution is 0.434. The minimum absolute atomic E-state index is 0.0981. The maximum Gasteiger partial charge on any atom is 0.225 e. The number of halogens is 1. The second kappa shape index (κ2) is 9.31. The Labute approximate surface area is 190 Å². The fraction of sp³-hybridized carbons (Fsp3) is 0.462. The number of hydrogen-bond donors (Lipinski definition) is 2. The average Bonchev–Trinajstić information content (AvgIpc) is 3.08. The van der Waals surface area contributed by atoms with Gasteiger partial charge in [-0.3, -0.25) is 0 Å². The van der Waals surface area contributed by atoms with E-state index in [-0.39, 0.29) is 11.9 Å². The van der Waals surface area contributed by atoms with Crippen LogP contribution in [0.3, 0.4) is 0 Å². The minimum atomic E-state index is -0.188. The Morgan fingerprint density at radius 2 is 1.88 bits per heavy atom. The highest BCUT2D eigenvalue weighted by molar-refractivity contribution is 5.76. The molecule has 1 fully saturated rings. The fourth-order valence-corrected chi connectivity index (χ4v) is 4.72. The van der Waals surface area contributed by atoms with Gasteiger partial charge in [-0.25, -0.2) is 14.4 Å². The van der Waals surface area contributed by atoms with E-state index in [9.17, 15) is 4.39 Å². The molecule has 2 heterocycles. The summed E-state index contributed by atoms with van der Waals surface area (Å²) in [6, 6.07) is 5.18. The maximum absolute atomic E-state index is 13.8. The molecule has 1 aromatic carbocycles. The van der Waals surface area contributed by atoms with Gasteiger partial charge >= 0.3 is 0 Å². The zero-order valence-electron chi connectivity index (χ0n) is 19.6. The summed E-state index contributed by atoms with van der Waals surface area (Å²) in [6.07, 6.45) is 6.84. The van der Waals surface area contributed by atoms with Gasteiger partial charge in [0.25, 0.3) is 0 Å². The minimum Gasteiger partial charge on any atom is -0.365 e. The molecule has 1 saturated heterocycles. The van der Waals surface area contributed by atoms with Crippen LogP contribution in [0.15, 0.2) is 48.6 Å². The Morgan fingerprint density at radius 1 is 1.19 bits per heavy atom. The number of nitrogens with one attached hydrogen (secondary N) is 2. The molecule has 6 heteroatoms. The smallest absolute Gasteiger partial charge is 0.225 e. The molecule has 0 radical (unpaired) electrons. The zero-order valence-corrected chi connectivity index (χ0v) is 19.6. The quantitative estimate of drug-likeness (QED) is 0.612. The van der Waals surface area contributed by atoms with Crippen LogP contribution in [0.4, 0.5) is 16.0 Å². The molecule has 0 spiro atoms. The molecule has 0 saturated carbocycles. The van der Waals surface area contributed by atoms with E-state index in [0.717, 1.165) is 48.2 Å². The third-order valence-electron chi connectivity index (χ3n) is 6.71. The van der Waals surface area contributed by atoms with Crippen molar-refractivity contribution in [3.05, 3.63) is 65.5 Å². The van der Waals surface area contributed by atoms with E-state index in [4.69, 9.17) is 0 Å². The Hall–Kier alpha value is -2.89. The van der Waals surface area contributed by atoms with Gasteiger partial charge in [0.1, 0.15) is 5.82 Å². The third-order valence-corrected chi connectivity index (χ3v) is 6.71. The normalized spacial score (nSPS) is 17.5. The Bertz CT molecular complexity index is 1000. The first-order chi connectivity index (χ1) is 15.3. The summed E-state index contributed by atoms with van der Waals surface area (Å²) in [7, 11) is 0. The molecule has 0 amide bonds. The van der Waals surface area contributed by atoms with Crippen LogP contribution in [0, 0.1) is 17.7 Å². The van der Waals surface area contributed by atoms with Crippen molar-refractivity contribution < 1.29 is 4.39 Å². The van der Waals surface area contributed by atoms with Gasteiger partial charge in [-0.05, 0) is 72.4 Å². The molecule has 32 heavy (non-hydrogen) atoms. The van der Waals surface area contributed by atoms with E-state index in [2.05, 4.69) is 59.8 Å². The highest BCUT2D eigenvalue weighted by atomic mass is 19.1. The van der Waals surface area contributed by atoms with Gasteiger partial charge in [0.15, 0.2) is 0 Å². The summed E-state index contributed by atoms with van der Waals surface area (Å²) in [5, 5.41) is 6.85. The number of aromatic nitrogens is 2. The number of fused-ring (bicyclic) bond motifs is 1. The maximum atomic E-state index is 13.8. The number of rotatable bonds is 7. The standard InChI is InChI=1S/C26H34FN5/c1-16(2)25(24-12-20-6-7-21(27)13-23(20)18(24)4)31-19(5)30-22-14-28-26(29-15-22)32-10-8-17(3)9-11-32/h6-7,13-17,25,30-31H,5,8-12H2,1-4H3. The van der Waals surface area contributed by atoms with Gasteiger partial charge in [-0.1, -0.05) is 33.4 Å². The number of anilines is 2. The molecule has 2 aromatic rings. The van der Waals surface area contributed by atoms with Crippen molar-refractivity contribution in [3.8, 4) is 0 Å². The van der Waals surface area contributed by atoms with Crippen molar-refractivity contribution in [1.29, 1.82) is 0 Å². The van der Waals surface area contributed by atoms with Crippen LogP contribution in [0.1, 0.15) is 51.7 Å². The monoisotopic (exact) mass is 435 g/mol. The molecule has 1 aliphatic heterocycles. The number of benzene rings is 1. The fourth-order valence-electron chi connectivity index (χ4n) is 4.72. The molecule has 0 bridgehead atoms. The summed E-state index contributed by atoms with van der Waals surface area (Å²) in [5.41, 5.74) is 5.45. The van der Waals surface area contributed by atoms with Gasteiger partial charge in [-0.2, -0.15) is 0 Å². The van der Waals surface area contributed by atoms with E-state index < -0.39 is 0 Å². The molecule has 2 aliphatic rings. The molecule has 1 unspecified atom stereocenters. The molecule has 1 aromatic heterocycles. The van der Waals surface area contributed by atoms with Crippen LogP contribution in [0.2, 0.25) is 0 Å². The number of nitrogens with zero attached hydrogens (tertiary/aromatic N) is 3. The number of hydrogen-bond acceptors (Lipinski definition) is 5. The summed E-state index contributed by atoms with van der Waals surface area (Å²) < 4.78 is 13.8. The van der Waals surface area contributed by atoms with Crippen molar-refractivity contribution in [2.75, 3.05) is 23.3 Å². The van der Waals surface area contributed by atoms with Gasteiger partial charge < -0.3 is 15.5 Å². The highest BCUT2D eigenvalue weighted by Crippen LogP contribution is 2.36. The summed E-state index contributed by atoms with van der Waals surface area (Å²) in [4.78, 5) is 11.4. The van der Waals surface area contributed by atoms with Crippen LogP contribution >= 0.6 is 0 Å². The average molecular weight is 436 g/mol. The van der Waals surface area contributed by atoms with Gasteiger partial charge in [-0.15, -0.1) is 0 Å². The Morgan fingerprint density at radius 3 is 2.53 bits per heavy atom. The van der Waals surface area contributed by atoms with E-state index in [1.165, 1.54) is 24.0 Å². The molecular formula is C26H34FN5. The van der Waals surface area contributed by atoms with Crippen LogP contribution in [-0.2, 0) is 6.42 Å². The molecule has 1 atom stereocenters. The summed E-state index contributed by atoms with van der Waals surface area (Å²) in [5.74, 6) is 2.43. The second-order valence-electron chi connectivity index (χ2n) is 9.54. The first kappa shape index (κ1) is 22.3. The zero-order chi connectivity index (χ0) is 22.8. The number of allylic oxidation sites excluding steroid dienone is 1. The summed E-state index contributed by atoms with van der Waals surface area (Å²) >= 11 is 0. The first-order valence-corrected chi connectivity index (χ1v) is 11.6. The van der Waals surface area contributed by atoms with Crippen molar-refractivity contribution in [1.82, 2.24) is 15.3 Å². The Balaban J connectivity index is 1.41. The van der Waals surface area contributed by atoms with Gasteiger partial charge in [0.2, 0.25) is 5.95 Å². The van der Waals surface area contributed by atoms with E-state index in [0.29, 0.717) is 11.7 Å². The van der Waals surface area contributed by atoms with Crippen molar-refractivity contribution in [3.63, 3.8) is 0 Å². The molecule has 1 aliphatic carbocycles. The third kappa shape index (κ3) is 4.79. The highest BCUT2D eigenvalue weighted by Gasteiger charge is 2.27. The number of piperidine rings is 1. The predicted molar refractivity (Wildman–Crippen MR) is 130 cm³/mol. The largest absolute Gasteiger partial charge is 0.365 e. The predicted octanol–water partition coefficient (Wildman–Crippen LogP) is 5.38. The molecule has 5 nitrogen and oxygen atoms in total. The Kier molecular flexibility index (Phi) is 6.49. The van der Waals surface area contributed by atoms with Crippen LogP contribution in [-0.4, -0.2) is 29.1 Å². The summed E-state index contributed by atoms with van der Waals surface area (Å²) in [6.45, 7) is 15.0. The molecule has 4 rings (SSSR count). The molecule has 2 N–H and O–H groups in total. The van der Waals surface area contributed by atoms with Crippen LogP contribution < -0.4 is 15.5 Å². The lowest BCUT2D eigenvalue weighted by Crippen LogP contribution is -2.37. The lowest BCUT2D eigenvalue weighted by Gasteiger charge is -2.30. The topological polar surface area (TPSA) is 53.1 Å². The lowest BCUT2D eigenvalue weighted by atomic mass is 9.92.